The number of nitrogens with one attached hydrogen (secondary N) is 2. The summed E-state index contributed by atoms with van der Waals surface area (Å²) in [5.74, 6) is 1.37. The molecule has 7 nitrogen and oxygen atoms in total. The zero-order valence-corrected chi connectivity index (χ0v) is 12.5. The standard InChI is InChI=1S/C14H24N6O/c1-16-12-3-7-18-14(19-12)17-6-2-8-20-9-4-11(5-10-20)13(15)21/h3,7,11H,2,4-6,8-10H2,1H3,(H2,15,21)(H2,16,17,18,19). The van der Waals surface area contributed by atoms with E-state index in [1.165, 1.54) is 0 Å². The molecule has 0 unspecified atom stereocenters. The lowest BCUT2D eigenvalue weighted by atomic mass is 9.96. The van der Waals surface area contributed by atoms with E-state index in [9.17, 15) is 4.79 Å². The highest BCUT2D eigenvalue weighted by Gasteiger charge is 2.22. The molecule has 2 heterocycles. The lowest BCUT2D eigenvalue weighted by Gasteiger charge is -2.30. The number of primary amides is 1. The van der Waals surface area contributed by atoms with Crippen LogP contribution in [0.5, 0.6) is 0 Å². The number of carbonyl (C=O) groups is 1. The Morgan fingerprint density at radius 3 is 2.90 bits per heavy atom. The van der Waals surface area contributed by atoms with E-state index < -0.39 is 0 Å². The normalized spacial score (nSPS) is 16.6. The Hall–Kier alpha value is -1.89. The second-order valence-electron chi connectivity index (χ2n) is 5.31. The van der Waals surface area contributed by atoms with Gasteiger partial charge in [-0.1, -0.05) is 0 Å². The molecule has 1 aliphatic heterocycles. The van der Waals surface area contributed by atoms with Gasteiger partial charge in [0, 0.05) is 25.7 Å². The minimum atomic E-state index is -0.155. The van der Waals surface area contributed by atoms with Crippen molar-refractivity contribution in [3.63, 3.8) is 0 Å². The van der Waals surface area contributed by atoms with Gasteiger partial charge < -0.3 is 21.3 Å². The van der Waals surface area contributed by atoms with Gasteiger partial charge in [0.1, 0.15) is 5.82 Å². The van der Waals surface area contributed by atoms with E-state index in [4.69, 9.17) is 5.73 Å². The molecule has 0 saturated carbocycles. The molecule has 7 heteroatoms. The van der Waals surface area contributed by atoms with Crippen molar-refractivity contribution in [1.82, 2.24) is 14.9 Å². The maximum Gasteiger partial charge on any atom is 0.224 e. The van der Waals surface area contributed by atoms with Crippen LogP contribution in [-0.2, 0) is 4.79 Å². The van der Waals surface area contributed by atoms with Crippen LogP contribution in [0.2, 0.25) is 0 Å². The Morgan fingerprint density at radius 2 is 2.24 bits per heavy atom. The van der Waals surface area contributed by atoms with E-state index in [0.717, 1.165) is 51.3 Å². The van der Waals surface area contributed by atoms with Crippen LogP contribution in [0, 0.1) is 5.92 Å². The molecule has 1 aliphatic rings. The summed E-state index contributed by atoms with van der Waals surface area (Å²) < 4.78 is 0. The van der Waals surface area contributed by atoms with Crippen molar-refractivity contribution in [3.05, 3.63) is 12.3 Å². The number of carbonyl (C=O) groups excluding carboxylic acids is 1. The summed E-state index contributed by atoms with van der Waals surface area (Å²) in [6.45, 7) is 3.77. The minimum absolute atomic E-state index is 0.0667. The van der Waals surface area contributed by atoms with Crippen molar-refractivity contribution < 1.29 is 4.79 Å². The fourth-order valence-corrected chi connectivity index (χ4v) is 2.53. The van der Waals surface area contributed by atoms with E-state index in [-0.39, 0.29) is 11.8 Å². The molecule has 1 aromatic heterocycles. The summed E-state index contributed by atoms with van der Waals surface area (Å²) >= 11 is 0. The third kappa shape index (κ3) is 4.86. The van der Waals surface area contributed by atoms with E-state index in [1.807, 2.05) is 13.1 Å². The fraction of sp³-hybridized carbons (Fsp3) is 0.643. The molecule has 0 radical (unpaired) electrons. The van der Waals surface area contributed by atoms with Crippen molar-refractivity contribution in [2.75, 3.05) is 43.9 Å². The zero-order chi connectivity index (χ0) is 15.1. The molecule has 21 heavy (non-hydrogen) atoms. The summed E-state index contributed by atoms with van der Waals surface area (Å²) in [4.78, 5) is 22.0. The van der Waals surface area contributed by atoms with Crippen LogP contribution in [0.1, 0.15) is 19.3 Å². The molecule has 1 amide bonds. The van der Waals surface area contributed by atoms with E-state index >= 15 is 0 Å². The largest absolute Gasteiger partial charge is 0.373 e. The van der Waals surface area contributed by atoms with Crippen LogP contribution in [0.4, 0.5) is 11.8 Å². The fourth-order valence-electron chi connectivity index (χ4n) is 2.53. The zero-order valence-electron chi connectivity index (χ0n) is 12.5. The van der Waals surface area contributed by atoms with E-state index in [1.54, 1.807) is 6.20 Å². The maximum absolute atomic E-state index is 11.1. The number of anilines is 2. The summed E-state index contributed by atoms with van der Waals surface area (Å²) in [7, 11) is 1.84. The van der Waals surface area contributed by atoms with Gasteiger partial charge in [0.25, 0.3) is 0 Å². The highest BCUT2D eigenvalue weighted by Crippen LogP contribution is 2.16. The predicted molar refractivity (Wildman–Crippen MR) is 83.0 cm³/mol. The monoisotopic (exact) mass is 292 g/mol. The third-order valence-corrected chi connectivity index (χ3v) is 3.84. The Morgan fingerprint density at radius 1 is 1.48 bits per heavy atom. The molecular weight excluding hydrogens is 268 g/mol. The first kappa shape index (κ1) is 15.5. The van der Waals surface area contributed by atoms with Gasteiger partial charge in [-0.25, -0.2) is 4.98 Å². The van der Waals surface area contributed by atoms with Gasteiger partial charge in [-0.05, 0) is 45.0 Å². The first-order chi connectivity index (χ1) is 10.2. The third-order valence-electron chi connectivity index (χ3n) is 3.84. The van der Waals surface area contributed by atoms with Crippen LogP contribution in [0.15, 0.2) is 12.3 Å². The second kappa shape index (κ2) is 7.78. The van der Waals surface area contributed by atoms with Gasteiger partial charge in [-0.2, -0.15) is 4.98 Å². The Labute approximate surface area is 125 Å². The van der Waals surface area contributed by atoms with Crippen LogP contribution < -0.4 is 16.4 Å². The highest BCUT2D eigenvalue weighted by molar-refractivity contribution is 5.76. The number of aromatic nitrogens is 2. The van der Waals surface area contributed by atoms with Gasteiger partial charge >= 0.3 is 0 Å². The molecule has 4 N–H and O–H groups in total. The molecular formula is C14H24N6O. The van der Waals surface area contributed by atoms with Crippen molar-refractivity contribution in [3.8, 4) is 0 Å². The summed E-state index contributed by atoms with van der Waals surface area (Å²) in [6, 6.07) is 1.83. The number of amides is 1. The topological polar surface area (TPSA) is 96.2 Å². The van der Waals surface area contributed by atoms with Crippen LogP contribution in [-0.4, -0.2) is 54.0 Å². The number of nitrogens with zero attached hydrogens (tertiary/aromatic N) is 3. The maximum atomic E-state index is 11.1. The summed E-state index contributed by atoms with van der Waals surface area (Å²) in [5, 5.41) is 6.21. The quantitative estimate of drug-likeness (QED) is 0.634. The molecule has 1 fully saturated rings. The van der Waals surface area contributed by atoms with Crippen LogP contribution >= 0.6 is 0 Å². The molecule has 0 spiro atoms. The van der Waals surface area contributed by atoms with Crippen LogP contribution in [0.25, 0.3) is 0 Å². The molecule has 1 saturated heterocycles. The number of nitrogens with two attached hydrogens (primary N) is 1. The molecule has 0 atom stereocenters. The number of likely N-dealkylation sites (tertiary alicyclic amines) is 1. The summed E-state index contributed by atoms with van der Waals surface area (Å²) in [6.07, 6.45) is 4.52. The number of piperidine rings is 1. The van der Waals surface area contributed by atoms with Gasteiger partial charge in [-0.15, -0.1) is 0 Å². The average molecular weight is 292 g/mol. The Kier molecular flexibility index (Phi) is 5.74. The van der Waals surface area contributed by atoms with E-state index in [0.29, 0.717) is 5.95 Å². The SMILES string of the molecule is CNc1ccnc(NCCCN2CCC(C(N)=O)CC2)n1. The molecule has 1 aromatic rings. The number of hydrogen-bond donors (Lipinski definition) is 3. The van der Waals surface area contributed by atoms with Gasteiger partial charge in [0.05, 0.1) is 0 Å². The molecule has 0 aliphatic carbocycles. The number of rotatable bonds is 7. The number of hydrogen-bond acceptors (Lipinski definition) is 6. The predicted octanol–water partition coefficient (Wildman–Crippen LogP) is 0.518. The van der Waals surface area contributed by atoms with Crippen LogP contribution in [0.3, 0.4) is 0 Å². The second-order valence-corrected chi connectivity index (χ2v) is 5.31. The molecule has 2 rings (SSSR count). The van der Waals surface area contributed by atoms with E-state index in [2.05, 4.69) is 25.5 Å². The molecule has 0 bridgehead atoms. The van der Waals surface area contributed by atoms with Gasteiger partial charge in [-0.3, -0.25) is 4.79 Å². The average Bonchev–Trinajstić information content (AvgIpc) is 2.52. The molecule has 116 valence electrons. The minimum Gasteiger partial charge on any atom is -0.373 e. The first-order valence-electron chi connectivity index (χ1n) is 7.45. The van der Waals surface area contributed by atoms with Crippen molar-refractivity contribution in [1.29, 1.82) is 0 Å². The Bertz CT molecular complexity index is 459. The molecule has 0 aromatic carbocycles. The highest BCUT2D eigenvalue weighted by atomic mass is 16.1. The van der Waals surface area contributed by atoms with Crippen molar-refractivity contribution >= 4 is 17.7 Å². The smallest absolute Gasteiger partial charge is 0.224 e. The van der Waals surface area contributed by atoms with Crippen molar-refractivity contribution in [2.24, 2.45) is 11.7 Å². The lowest BCUT2D eigenvalue weighted by Crippen LogP contribution is -2.39. The Balaban J connectivity index is 1.63. The van der Waals surface area contributed by atoms with Gasteiger partial charge in [0.15, 0.2) is 0 Å². The lowest BCUT2D eigenvalue weighted by molar-refractivity contribution is -0.123. The first-order valence-corrected chi connectivity index (χ1v) is 7.45. The summed E-state index contributed by atoms with van der Waals surface area (Å²) in [5.41, 5.74) is 5.34. The van der Waals surface area contributed by atoms with Crippen molar-refractivity contribution in [2.45, 2.75) is 19.3 Å². The van der Waals surface area contributed by atoms with Gasteiger partial charge in [0.2, 0.25) is 11.9 Å².